The molecule has 1 amide bonds. The summed E-state index contributed by atoms with van der Waals surface area (Å²) in [6.07, 6.45) is 4.74. The van der Waals surface area contributed by atoms with E-state index in [4.69, 9.17) is 4.74 Å². The van der Waals surface area contributed by atoms with Crippen LogP contribution in [0.2, 0.25) is 0 Å². The van der Waals surface area contributed by atoms with Crippen molar-refractivity contribution in [1.29, 1.82) is 0 Å². The number of nitrogens with one attached hydrogen (secondary N) is 1. The second-order valence-electron chi connectivity index (χ2n) is 5.87. The summed E-state index contributed by atoms with van der Waals surface area (Å²) in [6.45, 7) is 3.18. The molecule has 1 saturated carbocycles. The summed E-state index contributed by atoms with van der Waals surface area (Å²) in [5, 5.41) is 12.3. The summed E-state index contributed by atoms with van der Waals surface area (Å²) in [6, 6.07) is 0. The van der Waals surface area contributed by atoms with Crippen LogP contribution in [0.5, 0.6) is 0 Å². The van der Waals surface area contributed by atoms with Crippen LogP contribution in [0.25, 0.3) is 0 Å². The lowest BCUT2D eigenvalue weighted by Gasteiger charge is -2.41. The topological polar surface area (TPSA) is 75.6 Å². The summed E-state index contributed by atoms with van der Waals surface area (Å²) in [7, 11) is 0. The quantitative estimate of drug-likeness (QED) is 0.794. The summed E-state index contributed by atoms with van der Waals surface area (Å²) in [5.41, 5.74) is -1.07. The first-order valence-electron chi connectivity index (χ1n) is 7.14. The van der Waals surface area contributed by atoms with Gasteiger partial charge in [0.1, 0.15) is 0 Å². The van der Waals surface area contributed by atoms with Gasteiger partial charge in [-0.25, -0.2) is 0 Å². The van der Waals surface area contributed by atoms with Crippen molar-refractivity contribution < 1.29 is 19.4 Å². The fraction of sp³-hybridized carbons (Fsp3) is 0.857. The molecule has 0 aromatic rings. The molecule has 0 bridgehead atoms. The predicted molar refractivity (Wildman–Crippen MR) is 69.7 cm³/mol. The van der Waals surface area contributed by atoms with E-state index in [-0.39, 0.29) is 17.9 Å². The van der Waals surface area contributed by atoms with Gasteiger partial charge in [0.15, 0.2) is 0 Å². The molecule has 2 fully saturated rings. The Bertz CT molecular complexity index is 351. The van der Waals surface area contributed by atoms with Crippen molar-refractivity contribution in [2.24, 2.45) is 10.8 Å². The molecular formula is C14H23NO4. The standard InChI is InChI=1S/C14H23NO4/c1-2-13(4-3-5-13)11(16)15-10-14(12(17)18)6-8-19-9-7-14/h2-10H2,1H3,(H,15,16)(H,17,18). The zero-order valence-corrected chi connectivity index (χ0v) is 11.5. The second-order valence-corrected chi connectivity index (χ2v) is 5.87. The summed E-state index contributed by atoms with van der Waals surface area (Å²) >= 11 is 0. The van der Waals surface area contributed by atoms with Crippen LogP contribution >= 0.6 is 0 Å². The van der Waals surface area contributed by atoms with E-state index in [1.807, 2.05) is 6.92 Å². The Hall–Kier alpha value is -1.10. The molecule has 2 rings (SSSR count). The van der Waals surface area contributed by atoms with E-state index in [9.17, 15) is 14.7 Å². The molecule has 1 aliphatic carbocycles. The van der Waals surface area contributed by atoms with Gasteiger partial charge in [-0.15, -0.1) is 0 Å². The van der Waals surface area contributed by atoms with Gasteiger partial charge in [-0.1, -0.05) is 13.3 Å². The molecule has 0 atom stereocenters. The number of aliphatic carboxylic acids is 1. The van der Waals surface area contributed by atoms with Gasteiger partial charge in [-0.3, -0.25) is 9.59 Å². The fourth-order valence-corrected chi connectivity index (χ4v) is 3.01. The number of carbonyl (C=O) groups excluding carboxylic acids is 1. The Morgan fingerprint density at radius 3 is 2.21 bits per heavy atom. The van der Waals surface area contributed by atoms with E-state index in [0.717, 1.165) is 25.7 Å². The number of hydrogen-bond donors (Lipinski definition) is 2. The van der Waals surface area contributed by atoms with Crippen LogP contribution < -0.4 is 5.32 Å². The Kier molecular flexibility index (Phi) is 4.13. The first-order chi connectivity index (χ1) is 9.05. The average molecular weight is 269 g/mol. The fourth-order valence-electron chi connectivity index (χ4n) is 3.01. The van der Waals surface area contributed by atoms with E-state index in [1.54, 1.807) is 0 Å². The summed E-state index contributed by atoms with van der Waals surface area (Å²) in [5.74, 6) is -0.788. The molecule has 0 aromatic carbocycles. The highest BCUT2D eigenvalue weighted by molar-refractivity contribution is 5.84. The Labute approximate surface area is 113 Å². The maximum atomic E-state index is 12.3. The molecule has 2 aliphatic rings. The maximum Gasteiger partial charge on any atom is 0.311 e. The number of hydrogen-bond acceptors (Lipinski definition) is 3. The molecule has 0 unspecified atom stereocenters. The predicted octanol–water partition coefficient (Wildman–Crippen LogP) is 1.56. The molecular weight excluding hydrogens is 246 g/mol. The van der Waals surface area contributed by atoms with Crippen LogP contribution in [0, 0.1) is 10.8 Å². The van der Waals surface area contributed by atoms with Gasteiger partial charge in [0.25, 0.3) is 0 Å². The lowest BCUT2D eigenvalue weighted by Crippen LogP contribution is -2.51. The third-order valence-electron chi connectivity index (χ3n) is 4.96. The van der Waals surface area contributed by atoms with Crippen molar-refractivity contribution in [3.05, 3.63) is 0 Å². The van der Waals surface area contributed by atoms with E-state index in [0.29, 0.717) is 26.1 Å². The van der Waals surface area contributed by atoms with Crippen molar-refractivity contribution in [2.75, 3.05) is 19.8 Å². The summed E-state index contributed by atoms with van der Waals surface area (Å²) < 4.78 is 5.23. The highest BCUT2D eigenvalue weighted by atomic mass is 16.5. The van der Waals surface area contributed by atoms with Gasteiger partial charge in [0.05, 0.1) is 5.41 Å². The van der Waals surface area contributed by atoms with Gasteiger partial charge >= 0.3 is 5.97 Å². The van der Waals surface area contributed by atoms with Crippen LogP contribution in [0.15, 0.2) is 0 Å². The molecule has 5 heteroatoms. The Morgan fingerprint density at radius 2 is 1.79 bits per heavy atom. The minimum atomic E-state index is -0.841. The number of ether oxygens (including phenoxy) is 1. The number of carboxylic acid groups (broad SMARTS) is 1. The molecule has 19 heavy (non-hydrogen) atoms. The molecule has 1 heterocycles. The van der Waals surface area contributed by atoms with Crippen molar-refractivity contribution in [1.82, 2.24) is 5.32 Å². The van der Waals surface area contributed by atoms with Crippen LogP contribution in [0.1, 0.15) is 45.4 Å². The number of carbonyl (C=O) groups is 2. The van der Waals surface area contributed by atoms with Crippen LogP contribution in [0.3, 0.4) is 0 Å². The third kappa shape index (κ3) is 2.61. The average Bonchev–Trinajstić information content (AvgIpc) is 2.36. The van der Waals surface area contributed by atoms with E-state index < -0.39 is 11.4 Å². The van der Waals surface area contributed by atoms with E-state index in [2.05, 4.69) is 5.32 Å². The SMILES string of the molecule is CCC1(C(=O)NCC2(C(=O)O)CCOCC2)CCC1. The zero-order valence-electron chi connectivity index (χ0n) is 11.5. The van der Waals surface area contributed by atoms with Crippen molar-refractivity contribution in [2.45, 2.75) is 45.4 Å². The third-order valence-corrected chi connectivity index (χ3v) is 4.96. The smallest absolute Gasteiger partial charge is 0.311 e. The first-order valence-corrected chi connectivity index (χ1v) is 7.14. The Morgan fingerprint density at radius 1 is 1.16 bits per heavy atom. The van der Waals surface area contributed by atoms with Gasteiger partial charge in [-0.2, -0.15) is 0 Å². The van der Waals surface area contributed by atoms with Crippen molar-refractivity contribution in [3.63, 3.8) is 0 Å². The number of rotatable bonds is 5. The second kappa shape index (κ2) is 5.49. The lowest BCUT2D eigenvalue weighted by atomic mass is 9.66. The van der Waals surface area contributed by atoms with E-state index >= 15 is 0 Å². The summed E-state index contributed by atoms with van der Waals surface area (Å²) in [4.78, 5) is 23.7. The molecule has 1 aliphatic heterocycles. The minimum absolute atomic E-state index is 0.0355. The molecule has 108 valence electrons. The highest BCUT2D eigenvalue weighted by Gasteiger charge is 2.45. The van der Waals surface area contributed by atoms with Crippen LogP contribution in [-0.2, 0) is 14.3 Å². The molecule has 0 spiro atoms. The van der Waals surface area contributed by atoms with Crippen molar-refractivity contribution in [3.8, 4) is 0 Å². The monoisotopic (exact) mass is 269 g/mol. The number of carboxylic acids is 1. The van der Waals surface area contributed by atoms with Crippen molar-refractivity contribution >= 4 is 11.9 Å². The largest absolute Gasteiger partial charge is 0.481 e. The Balaban J connectivity index is 1.95. The maximum absolute atomic E-state index is 12.3. The lowest BCUT2D eigenvalue weighted by molar-refractivity contribution is -0.155. The molecule has 5 nitrogen and oxygen atoms in total. The van der Waals surface area contributed by atoms with Gasteiger partial charge in [-0.05, 0) is 32.1 Å². The van der Waals surface area contributed by atoms with Crippen LogP contribution in [-0.4, -0.2) is 36.7 Å². The number of amides is 1. The van der Waals surface area contributed by atoms with Gasteiger partial charge < -0.3 is 15.2 Å². The first kappa shape index (κ1) is 14.3. The van der Waals surface area contributed by atoms with E-state index in [1.165, 1.54) is 0 Å². The molecule has 0 aromatic heterocycles. The highest BCUT2D eigenvalue weighted by Crippen LogP contribution is 2.44. The molecule has 0 radical (unpaired) electrons. The molecule has 1 saturated heterocycles. The van der Waals surface area contributed by atoms with Crippen LogP contribution in [0.4, 0.5) is 0 Å². The van der Waals surface area contributed by atoms with Gasteiger partial charge in [0, 0.05) is 25.2 Å². The van der Waals surface area contributed by atoms with Gasteiger partial charge in [0.2, 0.25) is 5.91 Å². The zero-order chi connectivity index (χ0) is 13.9. The minimum Gasteiger partial charge on any atom is -0.481 e. The normalized spacial score (nSPS) is 24.3. The molecule has 2 N–H and O–H groups in total.